The summed E-state index contributed by atoms with van der Waals surface area (Å²) in [5.74, 6) is -0.134. The maximum Gasteiger partial charge on any atom is 0.253 e. The van der Waals surface area contributed by atoms with Gasteiger partial charge in [0, 0.05) is 31.0 Å². The van der Waals surface area contributed by atoms with Gasteiger partial charge < -0.3 is 10.2 Å². The Hall–Kier alpha value is -2.59. The smallest absolute Gasteiger partial charge is 0.253 e. The third kappa shape index (κ3) is 5.23. The Morgan fingerprint density at radius 3 is 2.61 bits per heavy atom. The Balaban J connectivity index is 2.20. The highest BCUT2D eigenvalue weighted by Gasteiger charge is 2.27. The van der Waals surface area contributed by atoms with Crippen LogP contribution in [0.15, 0.2) is 70.4 Å². The lowest BCUT2D eigenvalue weighted by molar-refractivity contribution is 0.0945. The lowest BCUT2D eigenvalue weighted by atomic mass is 10.0. The molecule has 4 nitrogen and oxygen atoms in total. The Labute approximate surface area is 173 Å². The van der Waals surface area contributed by atoms with E-state index in [0.717, 1.165) is 22.5 Å². The van der Waals surface area contributed by atoms with Gasteiger partial charge in [-0.25, -0.2) is 0 Å². The van der Waals surface area contributed by atoms with Gasteiger partial charge in [-0.15, -0.1) is 0 Å². The van der Waals surface area contributed by atoms with E-state index >= 15 is 0 Å². The van der Waals surface area contributed by atoms with Crippen LogP contribution in [-0.2, 0) is 0 Å². The van der Waals surface area contributed by atoms with Gasteiger partial charge in [0.15, 0.2) is 0 Å². The Morgan fingerprint density at radius 1 is 1.25 bits per heavy atom. The van der Waals surface area contributed by atoms with E-state index in [1.165, 1.54) is 5.57 Å². The molecule has 0 bridgehead atoms. The number of nitrogens with one attached hydrogen (secondary N) is 1. The molecule has 1 aliphatic rings. The molecule has 0 aromatic heterocycles. The number of hydrogen-bond acceptors (Lipinski definition) is 3. The second-order valence-corrected chi connectivity index (χ2v) is 7.50. The number of carbonyl (C=O) groups excluding carboxylic acids is 1. The summed E-state index contributed by atoms with van der Waals surface area (Å²) in [7, 11) is 3.68. The number of nitrogens with zero attached hydrogens (tertiary/aromatic N) is 2. The second kappa shape index (κ2) is 9.56. The molecule has 148 valence electrons. The van der Waals surface area contributed by atoms with E-state index in [4.69, 9.17) is 11.6 Å². The van der Waals surface area contributed by atoms with Gasteiger partial charge >= 0.3 is 0 Å². The summed E-state index contributed by atoms with van der Waals surface area (Å²) in [6, 6.07) is 5.16. The normalized spacial score (nSPS) is 19.0. The van der Waals surface area contributed by atoms with Crippen LogP contribution < -0.4 is 10.2 Å². The molecule has 0 aliphatic carbocycles. The lowest BCUT2D eigenvalue weighted by Crippen LogP contribution is -2.37. The maximum absolute atomic E-state index is 12.7. The van der Waals surface area contributed by atoms with Crippen LogP contribution in [0.5, 0.6) is 0 Å². The Bertz CT molecular complexity index is 893. The molecule has 1 heterocycles. The zero-order valence-corrected chi connectivity index (χ0v) is 18.0. The Kier molecular flexibility index (Phi) is 7.41. The standard InChI is InChI=1S/C23H28ClN3O/c1-15(7-8-16(2)17(3)11-12-25-5)13-21-18(4)27(6)22-10-9-19(24)14-20(22)23(28)26-21/h7-12,14,21H,4,13H2,1-3,5-6H3,(H,26,28)/b15-7+,16-8+,17-11+,25-12?. The zero-order valence-electron chi connectivity index (χ0n) is 17.2. The number of benzene rings is 1. The quantitative estimate of drug-likeness (QED) is 0.539. The van der Waals surface area contributed by atoms with Crippen LogP contribution in [0.2, 0.25) is 5.02 Å². The molecular formula is C23H28ClN3O. The summed E-state index contributed by atoms with van der Waals surface area (Å²) in [5.41, 5.74) is 5.70. The fourth-order valence-corrected chi connectivity index (χ4v) is 3.14. The van der Waals surface area contributed by atoms with Crippen LogP contribution >= 0.6 is 11.6 Å². The van der Waals surface area contributed by atoms with Crippen molar-refractivity contribution in [3.63, 3.8) is 0 Å². The van der Waals surface area contributed by atoms with Gasteiger partial charge in [-0.3, -0.25) is 9.79 Å². The number of allylic oxidation sites excluding steroid dienone is 5. The summed E-state index contributed by atoms with van der Waals surface area (Å²) in [6.45, 7) is 10.4. The van der Waals surface area contributed by atoms with Crippen molar-refractivity contribution in [2.45, 2.75) is 33.2 Å². The molecule has 0 fully saturated rings. The van der Waals surface area contributed by atoms with Crippen LogP contribution in [-0.4, -0.2) is 32.3 Å². The van der Waals surface area contributed by atoms with Crippen molar-refractivity contribution in [2.24, 2.45) is 4.99 Å². The molecule has 0 saturated heterocycles. The molecule has 1 aromatic rings. The summed E-state index contributed by atoms with van der Waals surface area (Å²) in [4.78, 5) is 18.6. The van der Waals surface area contributed by atoms with Crippen LogP contribution in [0.1, 0.15) is 37.6 Å². The number of rotatable bonds is 5. The summed E-state index contributed by atoms with van der Waals surface area (Å²) in [5, 5.41) is 3.62. The molecule has 1 atom stereocenters. The summed E-state index contributed by atoms with van der Waals surface area (Å²) < 4.78 is 0. The third-order valence-electron chi connectivity index (χ3n) is 4.94. The van der Waals surface area contributed by atoms with Gasteiger partial charge in [-0.1, -0.05) is 35.9 Å². The fraction of sp³-hybridized carbons (Fsp3) is 0.304. The fourth-order valence-electron chi connectivity index (χ4n) is 2.97. The van der Waals surface area contributed by atoms with Gasteiger partial charge in [-0.2, -0.15) is 0 Å². The average molecular weight is 398 g/mol. The first-order valence-electron chi connectivity index (χ1n) is 9.21. The first-order chi connectivity index (χ1) is 13.2. The highest BCUT2D eigenvalue weighted by molar-refractivity contribution is 6.31. The van der Waals surface area contributed by atoms with Gasteiger partial charge in [0.05, 0.1) is 17.3 Å². The number of anilines is 1. The predicted octanol–water partition coefficient (Wildman–Crippen LogP) is 5.33. The van der Waals surface area contributed by atoms with E-state index in [1.54, 1.807) is 25.4 Å². The van der Waals surface area contributed by atoms with Gasteiger partial charge in [-0.05, 0) is 62.6 Å². The molecule has 1 N–H and O–H groups in total. The van der Waals surface area contributed by atoms with Crippen LogP contribution in [0, 0.1) is 0 Å². The van der Waals surface area contributed by atoms with E-state index in [2.05, 4.69) is 49.8 Å². The number of aliphatic imine (C=N–C) groups is 1. The highest BCUT2D eigenvalue weighted by atomic mass is 35.5. The Morgan fingerprint density at radius 2 is 1.93 bits per heavy atom. The highest BCUT2D eigenvalue weighted by Crippen LogP contribution is 2.30. The molecule has 1 unspecified atom stereocenters. The van der Waals surface area contributed by atoms with E-state index in [0.29, 0.717) is 17.0 Å². The number of fused-ring (bicyclic) bond motifs is 1. The van der Waals surface area contributed by atoms with E-state index in [-0.39, 0.29) is 11.9 Å². The molecule has 2 rings (SSSR count). The maximum atomic E-state index is 12.7. The summed E-state index contributed by atoms with van der Waals surface area (Å²) >= 11 is 6.08. The largest absolute Gasteiger partial charge is 0.346 e. The van der Waals surface area contributed by atoms with Crippen molar-refractivity contribution < 1.29 is 4.79 Å². The van der Waals surface area contributed by atoms with Crippen molar-refractivity contribution in [1.29, 1.82) is 0 Å². The monoisotopic (exact) mass is 397 g/mol. The van der Waals surface area contributed by atoms with Crippen LogP contribution in [0.3, 0.4) is 0 Å². The minimum Gasteiger partial charge on any atom is -0.346 e. The average Bonchev–Trinajstić information content (AvgIpc) is 2.75. The number of hydrogen-bond donors (Lipinski definition) is 1. The minimum atomic E-state index is -0.183. The topological polar surface area (TPSA) is 44.7 Å². The first kappa shape index (κ1) is 21.7. The SMILES string of the molecule is C=C1C(C/C(C)=C/C=C(C)/C(C)=C/C=NC)NC(=O)c2cc(Cl)ccc2N1C. The third-order valence-corrected chi connectivity index (χ3v) is 5.18. The number of likely N-dealkylation sites (N-methyl/N-ethyl adjacent to an activating group) is 1. The molecular weight excluding hydrogens is 370 g/mol. The molecule has 0 saturated carbocycles. The molecule has 5 heteroatoms. The molecule has 1 aliphatic heterocycles. The minimum absolute atomic E-state index is 0.134. The van der Waals surface area contributed by atoms with Crippen molar-refractivity contribution >= 4 is 29.4 Å². The number of amides is 1. The number of halogens is 1. The second-order valence-electron chi connectivity index (χ2n) is 7.06. The van der Waals surface area contributed by atoms with Crippen LogP contribution in [0.25, 0.3) is 0 Å². The van der Waals surface area contributed by atoms with Crippen LogP contribution in [0.4, 0.5) is 5.69 Å². The number of carbonyl (C=O) groups is 1. The van der Waals surface area contributed by atoms with Crippen molar-refractivity contribution in [2.75, 3.05) is 19.0 Å². The van der Waals surface area contributed by atoms with E-state index in [9.17, 15) is 4.79 Å². The van der Waals surface area contributed by atoms with Crippen molar-refractivity contribution in [3.05, 3.63) is 76.0 Å². The van der Waals surface area contributed by atoms with Gasteiger partial charge in [0.2, 0.25) is 0 Å². The first-order valence-corrected chi connectivity index (χ1v) is 9.58. The summed E-state index contributed by atoms with van der Waals surface area (Å²) in [6.07, 6.45) is 8.63. The lowest BCUT2D eigenvalue weighted by Gasteiger charge is -2.26. The van der Waals surface area contributed by atoms with Crippen molar-refractivity contribution in [1.82, 2.24) is 5.32 Å². The van der Waals surface area contributed by atoms with E-state index in [1.807, 2.05) is 24.1 Å². The van der Waals surface area contributed by atoms with E-state index < -0.39 is 0 Å². The zero-order chi connectivity index (χ0) is 20.8. The molecule has 28 heavy (non-hydrogen) atoms. The molecule has 1 amide bonds. The molecule has 0 spiro atoms. The van der Waals surface area contributed by atoms with Crippen molar-refractivity contribution in [3.8, 4) is 0 Å². The molecule has 0 radical (unpaired) electrons. The molecule has 1 aromatic carbocycles. The van der Waals surface area contributed by atoms with Gasteiger partial charge in [0.25, 0.3) is 5.91 Å². The van der Waals surface area contributed by atoms with Gasteiger partial charge in [0.1, 0.15) is 0 Å². The predicted molar refractivity (Wildman–Crippen MR) is 121 cm³/mol.